The van der Waals surface area contributed by atoms with Crippen LogP contribution in [0.25, 0.3) is 11.2 Å². The first kappa shape index (κ1) is 26.0. The van der Waals surface area contributed by atoms with E-state index in [2.05, 4.69) is 25.6 Å². The molecule has 2 aliphatic carbocycles. The van der Waals surface area contributed by atoms with Crippen LogP contribution in [0.5, 0.6) is 0 Å². The molecule has 38 heavy (non-hydrogen) atoms. The molecule has 4 N–H and O–H groups in total. The number of halogens is 4. The number of rotatable bonds is 6. The van der Waals surface area contributed by atoms with Crippen molar-refractivity contribution in [2.45, 2.75) is 69.4 Å². The van der Waals surface area contributed by atoms with E-state index in [1.165, 1.54) is 12.3 Å². The van der Waals surface area contributed by atoms with Gasteiger partial charge in [0, 0.05) is 30.8 Å². The topological polar surface area (TPSA) is 135 Å². The SMILES string of the molecule is N#Cc1cc(F)c(Nc2nc3cnc(NC4CCC(F)(F)CC4)nc3n2[C@H]2CC[C@@H](C(N)=O)CC2)c(Cl)c1. The summed E-state index contributed by atoms with van der Waals surface area (Å²) in [4.78, 5) is 25.3. The lowest BCUT2D eigenvalue weighted by molar-refractivity contribution is -0.122. The van der Waals surface area contributed by atoms with E-state index in [4.69, 9.17) is 22.6 Å². The molecule has 2 fully saturated rings. The average Bonchev–Trinajstić information content (AvgIpc) is 3.24. The molecule has 0 saturated heterocycles. The number of hydrogen-bond acceptors (Lipinski definition) is 7. The molecule has 0 radical (unpaired) electrons. The van der Waals surface area contributed by atoms with Gasteiger partial charge in [0.15, 0.2) is 5.65 Å². The predicted octanol–water partition coefficient (Wildman–Crippen LogP) is 5.44. The molecule has 200 valence electrons. The van der Waals surface area contributed by atoms with Crippen molar-refractivity contribution in [2.75, 3.05) is 10.6 Å². The van der Waals surface area contributed by atoms with Crippen LogP contribution in [0.2, 0.25) is 5.02 Å². The quantitative estimate of drug-likeness (QED) is 0.374. The summed E-state index contributed by atoms with van der Waals surface area (Å²) in [5.41, 5.74) is 6.46. The van der Waals surface area contributed by atoms with E-state index in [0.29, 0.717) is 49.7 Å². The molecule has 0 aliphatic heterocycles. The molecule has 2 saturated carbocycles. The van der Waals surface area contributed by atoms with Crippen molar-refractivity contribution in [1.29, 1.82) is 5.26 Å². The number of aromatic nitrogens is 4. The average molecular weight is 547 g/mol. The maximum absolute atomic E-state index is 14.9. The molecule has 2 aromatic heterocycles. The van der Waals surface area contributed by atoms with Gasteiger partial charge in [-0.3, -0.25) is 9.36 Å². The van der Waals surface area contributed by atoms with Crippen LogP contribution >= 0.6 is 11.6 Å². The first-order chi connectivity index (χ1) is 18.1. The van der Waals surface area contributed by atoms with Crippen LogP contribution in [-0.4, -0.2) is 37.4 Å². The van der Waals surface area contributed by atoms with Crippen molar-refractivity contribution >= 4 is 46.3 Å². The third-order valence-electron chi connectivity index (χ3n) is 7.36. The third kappa shape index (κ3) is 5.34. The van der Waals surface area contributed by atoms with Gasteiger partial charge in [-0.1, -0.05) is 11.6 Å². The maximum Gasteiger partial charge on any atom is 0.248 e. The normalized spacial score (nSPS) is 21.7. The minimum atomic E-state index is -2.64. The van der Waals surface area contributed by atoms with Gasteiger partial charge in [0.2, 0.25) is 23.7 Å². The van der Waals surface area contributed by atoms with Crippen molar-refractivity contribution in [1.82, 2.24) is 19.5 Å². The molecule has 0 atom stereocenters. The van der Waals surface area contributed by atoms with Crippen molar-refractivity contribution in [2.24, 2.45) is 11.7 Å². The van der Waals surface area contributed by atoms with E-state index in [-0.39, 0.29) is 64.9 Å². The van der Waals surface area contributed by atoms with E-state index in [1.54, 1.807) is 0 Å². The van der Waals surface area contributed by atoms with Gasteiger partial charge in [-0.25, -0.2) is 23.1 Å². The molecule has 0 bridgehead atoms. The molecule has 5 rings (SSSR count). The molecule has 13 heteroatoms. The summed E-state index contributed by atoms with van der Waals surface area (Å²) in [5.74, 6) is -3.36. The van der Waals surface area contributed by atoms with Crippen LogP contribution in [0, 0.1) is 23.1 Å². The summed E-state index contributed by atoms with van der Waals surface area (Å²) < 4.78 is 43.9. The Balaban J connectivity index is 1.50. The van der Waals surface area contributed by atoms with Gasteiger partial charge in [0.1, 0.15) is 11.3 Å². The highest BCUT2D eigenvalue weighted by atomic mass is 35.5. The van der Waals surface area contributed by atoms with Gasteiger partial charge < -0.3 is 16.4 Å². The number of alkyl halides is 2. The maximum atomic E-state index is 14.9. The number of carbonyl (C=O) groups excluding carboxylic acids is 1. The second kappa shape index (κ2) is 10.3. The summed E-state index contributed by atoms with van der Waals surface area (Å²) in [6, 6.07) is 3.98. The number of benzene rings is 1. The van der Waals surface area contributed by atoms with E-state index in [9.17, 15) is 18.0 Å². The Morgan fingerprint density at radius 1 is 1.16 bits per heavy atom. The number of hydrogen-bond donors (Lipinski definition) is 3. The van der Waals surface area contributed by atoms with Crippen molar-refractivity contribution < 1.29 is 18.0 Å². The number of nitrogens with two attached hydrogens (primary N) is 1. The predicted molar refractivity (Wildman–Crippen MR) is 136 cm³/mol. The van der Waals surface area contributed by atoms with E-state index in [0.717, 1.165) is 6.07 Å². The standard InChI is InChI=1S/C25H26ClF3N8O/c26-17-9-13(11-30)10-18(27)20(17)35-24-34-19-12-32-23(33-15-5-7-25(28,29)8-6-15)36-22(19)37(24)16-3-1-14(2-4-16)21(31)38/h9-10,12,14-16H,1-8H2,(H2,31,38)(H,34,35)(H,32,33,36)/t14-,16+. The van der Waals surface area contributed by atoms with Gasteiger partial charge in [-0.2, -0.15) is 10.2 Å². The largest absolute Gasteiger partial charge is 0.369 e. The number of amides is 1. The van der Waals surface area contributed by atoms with Crippen molar-refractivity contribution in [3.05, 3.63) is 34.7 Å². The highest BCUT2D eigenvalue weighted by Gasteiger charge is 2.35. The Morgan fingerprint density at radius 2 is 1.87 bits per heavy atom. The van der Waals surface area contributed by atoms with E-state index >= 15 is 0 Å². The second-order valence-electron chi connectivity index (χ2n) is 9.94. The number of primary amides is 1. The number of imidazole rings is 1. The van der Waals surface area contributed by atoms with Crippen molar-refractivity contribution in [3.8, 4) is 6.07 Å². The monoisotopic (exact) mass is 546 g/mol. The van der Waals surface area contributed by atoms with Crippen LogP contribution in [0.15, 0.2) is 18.3 Å². The Kier molecular flexibility index (Phi) is 7.05. The Labute approximate surface area is 221 Å². The first-order valence-corrected chi connectivity index (χ1v) is 12.9. The fourth-order valence-corrected chi connectivity index (χ4v) is 5.50. The first-order valence-electron chi connectivity index (χ1n) is 12.5. The fourth-order valence-electron chi connectivity index (χ4n) is 5.25. The van der Waals surface area contributed by atoms with E-state index in [1.807, 2.05) is 10.6 Å². The van der Waals surface area contributed by atoms with Crippen LogP contribution in [0.1, 0.15) is 63.0 Å². The fraction of sp³-hybridized carbons (Fsp3) is 0.480. The van der Waals surface area contributed by atoms with Gasteiger partial charge >= 0.3 is 0 Å². The summed E-state index contributed by atoms with van der Waals surface area (Å²) in [6.07, 6.45) is 4.12. The molecule has 0 spiro atoms. The van der Waals surface area contributed by atoms with E-state index < -0.39 is 11.7 Å². The lowest BCUT2D eigenvalue weighted by atomic mass is 9.85. The third-order valence-corrected chi connectivity index (χ3v) is 7.65. The molecular formula is C25H26ClF3N8O. The Bertz CT molecular complexity index is 1380. The number of nitriles is 1. The molecule has 1 amide bonds. The second-order valence-corrected chi connectivity index (χ2v) is 10.3. The van der Waals surface area contributed by atoms with Crippen LogP contribution in [0.3, 0.4) is 0 Å². The Morgan fingerprint density at radius 3 is 2.50 bits per heavy atom. The minimum absolute atomic E-state index is 0.0140. The molecule has 2 aliphatic rings. The number of nitrogens with zero attached hydrogens (tertiary/aromatic N) is 5. The smallest absolute Gasteiger partial charge is 0.248 e. The molecular weight excluding hydrogens is 521 g/mol. The lowest BCUT2D eigenvalue weighted by Gasteiger charge is -2.29. The summed E-state index contributed by atoms with van der Waals surface area (Å²) in [7, 11) is 0. The highest BCUT2D eigenvalue weighted by molar-refractivity contribution is 6.33. The summed E-state index contributed by atoms with van der Waals surface area (Å²) in [6.45, 7) is 0. The van der Waals surface area contributed by atoms with Gasteiger partial charge in [-0.15, -0.1) is 0 Å². The molecule has 1 aromatic carbocycles. The zero-order valence-corrected chi connectivity index (χ0v) is 21.1. The number of nitrogens with one attached hydrogen (secondary N) is 2. The number of fused-ring (bicyclic) bond motifs is 1. The van der Waals surface area contributed by atoms with Gasteiger partial charge in [-0.05, 0) is 50.7 Å². The molecule has 3 aromatic rings. The zero-order valence-electron chi connectivity index (χ0n) is 20.4. The summed E-state index contributed by atoms with van der Waals surface area (Å²) >= 11 is 6.27. The summed E-state index contributed by atoms with van der Waals surface area (Å²) in [5, 5.41) is 15.2. The van der Waals surface area contributed by atoms with Crippen LogP contribution in [-0.2, 0) is 4.79 Å². The molecule has 0 unspecified atom stereocenters. The minimum Gasteiger partial charge on any atom is -0.369 e. The van der Waals surface area contributed by atoms with Gasteiger partial charge in [0.25, 0.3) is 0 Å². The number of carbonyl (C=O) groups is 1. The molecule has 9 nitrogen and oxygen atoms in total. The van der Waals surface area contributed by atoms with Gasteiger partial charge in [0.05, 0.1) is 28.5 Å². The lowest BCUT2D eigenvalue weighted by Crippen LogP contribution is -2.32. The van der Waals surface area contributed by atoms with Crippen molar-refractivity contribution in [3.63, 3.8) is 0 Å². The zero-order chi connectivity index (χ0) is 27.0. The van der Waals surface area contributed by atoms with Crippen LogP contribution < -0.4 is 16.4 Å². The van der Waals surface area contributed by atoms with Crippen LogP contribution in [0.4, 0.5) is 30.8 Å². The Hall–Kier alpha value is -3.59. The molecule has 2 heterocycles. The highest BCUT2D eigenvalue weighted by Crippen LogP contribution is 2.39. The number of anilines is 3.